The molecule has 1 unspecified atom stereocenters. The predicted molar refractivity (Wildman–Crippen MR) is 53.0 cm³/mol. The van der Waals surface area contributed by atoms with Crippen molar-refractivity contribution in [3.63, 3.8) is 0 Å². The summed E-state index contributed by atoms with van der Waals surface area (Å²) in [4.78, 5) is 31.1. The van der Waals surface area contributed by atoms with Crippen LogP contribution in [-0.2, 0) is 4.79 Å². The SMILES string of the molecule is CC(C=O)c1cc([N+](=O)[O-])ccc1C=O. The van der Waals surface area contributed by atoms with E-state index in [1.807, 2.05) is 0 Å². The van der Waals surface area contributed by atoms with Crippen LogP contribution in [-0.4, -0.2) is 17.5 Å². The van der Waals surface area contributed by atoms with Gasteiger partial charge in [-0.25, -0.2) is 0 Å². The minimum Gasteiger partial charge on any atom is -0.303 e. The van der Waals surface area contributed by atoms with E-state index in [-0.39, 0.29) is 5.69 Å². The van der Waals surface area contributed by atoms with Crippen LogP contribution in [0.25, 0.3) is 0 Å². The number of carbonyl (C=O) groups is 2. The lowest BCUT2D eigenvalue weighted by molar-refractivity contribution is -0.384. The van der Waals surface area contributed by atoms with Gasteiger partial charge in [0, 0.05) is 23.6 Å². The van der Waals surface area contributed by atoms with E-state index in [4.69, 9.17) is 0 Å². The molecule has 0 heterocycles. The van der Waals surface area contributed by atoms with Crippen molar-refractivity contribution in [1.82, 2.24) is 0 Å². The zero-order valence-corrected chi connectivity index (χ0v) is 8.04. The van der Waals surface area contributed by atoms with Gasteiger partial charge in [0.25, 0.3) is 5.69 Å². The van der Waals surface area contributed by atoms with E-state index < -0.39 is 10.8 Å². The van der Waals surface area contributed by atoms with Gasteiger partial charge < -0.3 is 4.79 Å². The lowest BCUT2D eigenvalue weighted by atomic mass is 9.97. The molecule has 5 nitrogen and oxygen atoms in total. The second kappa shape index (κ2) is 4.45. The van der Waals surface area contributed by atoms with Crippen LogP contribution < -0.4 is 0 Å². The van der Waals surface area contributed by atoms with Gasteiger partial charge in [0.2, 0.25) is 0 Å². The Kier molecular flexibility index (Phi) is 3.28. The molecule has 0 radical (unpaired) electrons. The van der Waals surface area contributed by atoms with Crippen LogP contribution in [0.4, 0.5) is 5.69 Å². The average Bonchev–Trinajstić information content (AvgIpc) is 2.27. The van der Waals surface area contributed by atoms with E-state index in [2.05, 4.69) is 0 Å². The third-order valence-corrected chi connectivity index (χ3v) is 2.10. The summed E-state index contributed by atoms with van der Waals surface area (Å²) in [5.41, 5.74) is 0.568. The van der Waals surface area contributed by atoms with Gasteiger partial charge in [-0.15, -0.1) is 0 Å². The average molecular weight is 207 g/mol. The maximum atomic E-state index is 10.6. The summed E-state index contributed by atoms with van der Waals surface area (Å²) in [5, 5.41) is 10.5. The number of benzene rings is 1. The Morgan fingerprint density at radius 3 is 2.53 bits per heavy atom. The molecule has 5 heteroatoms. The molecule has 0 spiro atoms. The Bertz CT molecular complexity index is 414. The maximum Gasteiger partial charge on any atom is 0.269 e. The highest BCUT2D eigenvalue weighted by Gasteiger charge is 2.14. The Balaban J connectivity index is 3.30. The number of rotatable bonds is 4. The fourth-order valence-electron chi connectivity index (χ4n) is 1.25. The Hall–Kier alpha value is -2.04. The van der Waals surface area contributed by atoms with Crippen molar-refractivity contribution in [2.24, 2.45) is 0 Å². The largest absolute Gasteiger partial charge is 0.303 e. The van der Waals surface area contributed by atoms with Crippen molar-refractivity contribution in [2.45, 2.75) is 12.8 Å². The molecule has 0 aromatic heterocycles. The number of nitro benzene ring substituents is 1. The molecule has 1 aromatic carbocycles. The smallest absolute Gasteiger partial charge is 0.269 e. The summed E-state index contributed by atoms with van der Waals surface area (Å²) in [6.45, 7) is 1.58. The molecule has 0 bridgehead atoms. The van der Waals surface area contributed by atoms with E-state index in [1.54, 1.807) is 6.92 Å². The van der Waals surface area contributed by atoms with E-state index in [9.17, 15) is 19.7 Å². The molecule has 1 atom stereocenters. The summed E-state index contributed by atoms with van der Waals surface area (Å²) >= 11 is 0. The summed E-state index contributed by atoms with van der Waals surface area (Å²) in [6.07, 6.45) is 1.23. The van der Waals surface area contributed by atoms with Crippen molar-refractivity contribution in [3.8, 4) is 0 Å². The number of hydrogen-bond acceptors (Lipinski definition) is 4. The van der Waals surface area contributed by atoms with Crippen molar-refractivity contribution in [1.29, 1.82) is 0 Å². The molecule has 0 aliphatic carbocycles. The van der Waals surface area contributed by atoms with Gasteiger partial charge >= 0.3 is 0 Å². The first kappa shape index (κ1) is 11.0. The predicted octanol–water partition coefficient (Wildman–Crippen LogP) is 1.71. The first-order valence-corrected chi connectivity index (χ1v) is 4.29. The highest BCUT2D eigenvalue weighted by Crippen LogP contribution is 2.22. The summed E-state index contributed by atoms with van der Waals surface area (Å²) in [5.74, 6) is -0.523. The maximum absolute atomic E-state index is 10.6. The second-order valence-electron chi connectivity index (χ2n) is 3.11. The van der Waals surface area contributed by atoms with E-state index in [0.717, 1.165) is 0 Å². The van der Waals surface area contributed by atoms with Crippen LogP contribution >= 0.6 is 0 Å². The van der Waals surface area contributed by atoms with Crippen LogP contribution in [0.1, 0.15) is 28.8 Å². The van der Waals surface area contributed by atoms with E-state index in [0.29, 0.717) is 23.7 Å². The number of carbonyl (C=O) groups excluding carboxylic acids is 2. The Morgan fingerprint density at radius 2 is 2.07 bits per heavy atom. The number of nitro groups is 1. The molecular weight excluding hydrogens is 198 g/mol. The standard InChI is InChI=1S/C10H9NO4/c1-7(5-12)10-4-9(11(14)15)3-2-8(10)6-13/h2-7H,1H3. The van der Waals surface area contributed by atoms with Gasteiger partial charge in [0.05, 0.1) is 4.92 Å². The van der Waals surface area contributed by atoms with Crippen LogP contribution in [0.15, 0.2) is 18.2 Å². The zero-order valence-electron chi connectivity index (χ0n) is 8.04. The number of non-ortho nitro benzene ring substituents is 1. The van der Waals surface area contributed by atoms with Gasteiger partial charge in [0.15, 0.2) is 0 Å². The molecule has 1 aromatic rings. The monoisotopic (exact) mass is 207 g/mol. The summed E-state index contributed by atoms with van der Waals surface area (Å²) in [6, 6.07) is 3.84. The van der Waals surface area contributed by atoms with Crippen molar-refractivity contribution in [3.05, 3.63) is 39.4 Å². The fourth-order valence-corrected chi connectivity index (χ4v) is 1.25. The third kappa shape index (κ3) is 2.25. The zero-order chi connectivity index (χ0) is 11.4. The molecule has 0 fully saturated rings. The molecule has 0 saturated carbocycles. The Labute approximate surface area is 85.9 Å². The van der Waals surface area contributed by atoms with E-state index in [1.165, 1.54) is 18.2 Å². The van der Waals surface area contributed by atoms with Crippen LogP contribution in [0.2, 0.25) is 0 Å². The van der Waals surface area contributed by atoms with Gasteiger partial charge in [-0.1, -0.05) is 6.92 Å². The molecule has 78 valence electrons. The first-order chi connectivity index (χ1) is 7.10. The molecule has 15 heavy (non-hydrogen) atoms. The molecule has 0 aliphatic heterocycles. The second-order valence-corrected chi connectivity index (χ2v) is 3.11. The Morgan fingerprint density at radius 1 is 1.40 bits per heavy atom. The van der Waals surface area contributed by atoms with Crippen molar-refractivity contribution in [2.75, 3.05) is 0 Å². The highest BCUT2D eigenvalue weighted by molar-refractivity contribution is 5.81. The lowest BCUT2D eigenvalue weighted by Gasteiger charge is -2.06. The molecule has 0 N–H and O–H groups in total. The molecular formula is C10H9NO4. The molecule has 0 aliphatic rings. The molecule has 0 saturated heterocycles. The number of aldehydes is 2. The lowest BCUT2D eigenvalue weighted by Crippen LogP contribution is -2.01. The topological polar surface area (TPSA) is 77.3 Å². The number of nitrogens with zero attached hydrogens (tertiary/aromatic N) is 1. The van der Waals surface area contributed by atoms with Crippen LogP contribution in [0.5, 0.6) is 0 Å². The summed E-state index contributed by atoms with van der Waals surface area (Å²) < 4.78 is 0. The highest BCUT2D eigenvalue weighted by atomic mass is 16.6. The third-order valence-electron chi connectivity index (χ3n) is 2.10. The molecule has 1 rings (SSSR count). The summed E-state index contributed by atoms with van der Waals surface area (Å²) in [7, 11) is 0. The van der Waals surface area contributed by atoms with Crippen LogP contribution in [0.3, 0.4) is 0 Å². The van der Waals surface area contributed by atoms with E-state index >= 15 is 0 Å². The van der Waals surface area contributed by atoms with Gasteiger partial charge in [-0.3, -0.25) is 14.9 Å². The van der Waals surface area contributed by atoms with Crippen LogP contribution in [0, 0.1) is 10.1 Å². The minimum atomic E-state index is -0.560. The fraction of sp³-hybridized carbons (Fsp3) is 0.200. The first-order valence-electron chi connectivity index (χ1n) is 4.29. The van der Waals surface area contributed by atoms with Crippen molar-refractivity contribution >= 4 is 18.3 Å². The number of hydrogen-bond donors (Lipinski definition) is 0. The van der Waals surface area contributed by atoms with Gasteiger partial charge in [-0.05, 0) is 11.6 Å². The quantitative estimate of drug-likeness (QED) is 0.427. The van der Waals surface area contributed by atoms with Gasteiger partial charge in [0.1, 0.15) is 12.6 Å². The minimum absolute atomic E-state index is 0.121. The normalized spacial score (nSPS) is 11.8. The van der Waals surface area contributed by atoms with Crippen molar-refractivity contribution < 1.29 is 14.5 Å². The molecule has 0 amide bonds. The van der Waals surface area contributed by atoms with Gasteiger partial charge in [-0.2, -0.15) is 0 Å².